The Hall–Kier alpha value is -2.79. The first-order chi connectivity index (χ1) is 12.7. The van der Waals surface area contributed by atoms with Crippen LogP contribution in [0, 0.1) is 0 Å². The van der Waals surface area contributed by atoms with Gasteiger partial charge in [-0.3, -0.25) is 9.69 Å². The molecule has 2 aromatic rings. The second-order valence-corrected chi connectivity index (χ2v) is 6.48. The Bertz CT molecular complexity index is 787. The smallest absolute Gasteiger partial charge is 0.250 e. The Balaban J connectivity index is 1.61. The summed E-state index contributed by atoms with van der Waals surface area (Å²) in [4.78, 5) is 14.8. The maximum absolute atomic E-state index is 12.6. The number of amides is 1. The number of hydrogen-bond acceptors (Lipinski definition) is 4. The zero-order chi connectivity index (χ0) is 18.4. The molecule has 0 aromatic heterocycles. The Labute approximate surface area is 154 Å². The van der Waals surface area contributed by atoms with Crippen molar-refractivity contribution in [2.75, 3.05) is 20.2 Å². The van der Waals surface area contributed by atoms with Gasteiger partial charge >= 0.3 is 0 Å². The fourth-order valence-electron chi connectivity index (χ4n) is 3.10. The van der Waals surface area contributed by atoms with E-state index in [4.69, 9.17) is 10.5 Å². The molecule has 3 rings (SSSR count). The standard InChI is InChI=1S/C21H25N3O2/c1-26-18-9-5-8-17(12-18)14-24-11-10-20(22)19(15-24)21(25)23-13-16-6-3-2-4-7-16/h2-9,12H,10-11,13-15,22H2,1H3,(H,23,25). The SMILES string of the molecule is COc1cccc(CN2CCC(N)=C(C(=O)NCc3ccccc3)C2)c1. The molecule has 0 bridgehead atoms. The zero-order valence-corrected chi connectivity index (χ0v) is 15.1. The number of carbonyl (C=O) groups excluding carboxylic acids is 1. The van der Waals surface area contributed by atoms with Crippen LogP contribution in [0.5, 0.6) is 5.75 Å². The van der Waals surface area contributed by atoms with Crippen molar-refractivity contribution >= 4 is 5.91 Å². The number of nitrogens with one attached hydrogen (secondary N) is 1. The fraction of sp³-hybridized carbons (Fsp3) is 0.286. The Morgan fingerprint density at radius 2 is 1.92 bits per heavy atom. The van der Waals surface area contributed by atoms with Crippen molar-refractivity contribution in [3.63, 3.8) is 0 Å². The van der Waals surface area contributed by atoms with Crippen LogP contribution in [0.2, 0.25) is 0 Å². The molecule has 2 aromatic carbocycles. The molecule has 1 aliphatic rings. The average molecular weight is 351 g/mol. The first-order valence-electron chi connectivity index (χ1n) is 8.80. The number of ether oxygens (including phenoxy) is 1. The van der Waals surface area contributed by atoms with Crippen LogP contribution in [-0.4, -0.2) is 31.0 Å². The summed E-state index contributed by atoms with van der Waals surface area (Å²) in [5.41, 5.74) is 9.72. The van der Waals surface area contributed by atoms with Crippen molar-refractivity contribution in [3.8, 4) is 5.75 Å². The van der Waals surface area contributed by atoms with Crippen LogP contribution in [0.25, 0.3) is 0 Å². The molecule has 3 N–H and O–H groups in total. The molecule has 1 aliphatic heterocycles. The number of hydrogen-bond donors (Lipinski definition) is 2. The quantitative estimate of drug-likeness (QED) is 0.839. The summed E-state index contributed by atoms with van der Waals surface area (Å²) in [6, 6.07) is 17.9. The predicted molar refractivity (Wildman–Crippen MR) is 102 cm³/mol. The topological polar surface area (TPSA) is 67.6 Å². The average Bonchev–Trinajstić information content (AvgIpc) is 2.68. The molecule has 0 atom stereocenters. The molecule has 0 aliphatic carbocycles. The van der Waals surface area contributed by atoms with Crippen LogP contribution in [0.4, 0.5) is 0 Å². The summed E-state index contributed by atoms with van der Waals surface area (Å²) in [7, 11) is 1.67. The van der Waals surface area contributed by atoms with E-state index in [0.29, 0.717) is 30.8 Å². The van der Waals surface area contributed by atoms with E-state index in [9.17, 15) is 4.79 Å². The summed E-state index contributed by atoms with van der Waals surface area (Å²) < 4.78 is 5.28. The van der Waals surface area contributed by atoms with Gasteiger partial charge in [0.05, 0.1) is 7.11 Å². The van der Waals surface area contributed by atoms with E-state index in [1.807, 2.05) is 48.5 Å². The zero-order valence-electron chi connectivity index (χ0n) is 15.1. The molecule has 136 valence electrons. The lowest BCUT2D eigenvalue weighted by molar-refractivity contribution is -0.118. The van der Waals surface area contributed by atoms with Gasteiger partial charge in [-0.2, -0.15) is 0 Å². The molecular formula is C21H25N3O2. The molecular weight excluding hydrogens is 326 g/mol. The van der Waals surface area contributed by atoms with E-state index in [2.05, 4.69) is 16.3 Å². The number of nitrogens with two attached hydrogens (primary N) is 1. The first-order valence-corrected chi connectivity index (χ1v) is 8.80. The lowest BCUT2D eigenvalue weighted by Gasteiger charge is -2.29. The van der Waals surface area contributed by atoms with Crippen LogP contribution in [0.1, 0.15) is 17.5 Å². The van der Waals surface area contributed by atoms with Crippen LogP contribution in [-0.2, 0) is 17.9 Å². The second-order valence-electron chi connectivity index (χ2n) is 6.48. The summed E-state index contributed by atoms with van der Waals surface area (Å²) in [6.45, 7) is 2.68. The molecule has 0 unspecified atom stereocenters. The number of rotatable bonds is 6. The van der Waals surface area contributed by atoms with E-state index >= 15 is 0 Å². The molecule has 0 radical (unpaired) electrons. The summed E-state index contributed by atoms with van der Waals surface area (Å²) >= 11 is 0. The molecule has 1 amide bonds. The van der Waals surface area contributed by atoms with Gasteiger partial charge < -0.3 is 15.8 Å². The molecule has 26 heavy (non-hydrogen) atoms. The molecule has 0 saturated heterocycles. The number of methoxy groups -OCH3 is 1. The van der Waals surface area contributed by atoms with Crippen LogP contribution in [0.3, 0.4) is 0 Å². The highest BCUT2D eigenvalue weighted by Crippen LogP contribution is 2.19. The van der Waals surface area contributed by atoms with Gasteiger partial charge in [-0.05, 0) is 23.3 Å². The Kier molecular flexibility index (Phi) is 5.92. The highest BCUT2D eigenvalue weighted by atomic mass is 16.5. The van der Waals surface area contributed by atoms with Crippen molar-refractivity contribution in [2.24, 2.45) is 5.73 Å². The van der Waals surface area contributed by atoms with Gasteiger partial charge in [0.15, 0.2) is 0 Å². The van der Waals surface area contributed by atoms with Gasteiger partial charge in [0.1, 0.15) is 5.75 Å². The summed E-state index contributed by atoms with van der Waals surface area (Å²) in [5, 5.41) is 2.98. The minimum atomic E-state index is -0.0818. The van der Waals surface area contributed by atoms with Crippen molar-refractivity contribution < 1.29 is 9.53 Å². The number of carbonyl (C=O) groups is 1. The largest absolute Gasteiger partial charge is 0.497 e. The van der Waals surface area contributed by atoms with E-state index in [1.54, 1.807) is 7.11 Å². The van der Waals surface area contributed by atoms with Crippen molar-refractivity contribution in [1.29, 1.82) is 0 Å². The van der Waals surface area contributed by atoms with Gasteiger partial charge in [-0.25, -0.2) is 0 Å². The maximum atomic E-state index is 12.6. The number of nitrogens with zero attached hydrogens (tertiary/aromatic N) is 1. The molecule has 0 saturated carbocycles. The predicted octanol–water partition coefficient (Wildman–Crippen LogP) is 2.43. The van der Waals surface area contributed by atoms with Crippen molar-refractivity contribution in [1.82, 2.24) is 10.2 Å². The van der Waals surface area contributed by atoms with Gasteiger partial charge in [0.2, 0.25) is 0 Å². The lowest BCUT2D eigenvalue weighted by Crippen LogP contribution is -2.39. The fourth-order valence-corrected chi connectivity index (χ4v) is 3.10. The van der Waals surface area contributed by atoms with Crippen molar-refractivity contribution in [2.45, 2.75) is 19.5 Å². The van der Waals surface area contributed by atoms with E-state index in [1.165, 1.54) is 0 Å². The third-order valence-electron chi connectivity index (χ3n) is 4.58. The van der Waals surface area contributed by atoms with E-state index in [0.717, 1.165) is 30.0 Å². The second kappa shape index (κ2) is 8.54. The van der Waals surface area contributed by atoms with Gasteiger partial charge in [0.25, 0.3) is 5.91 Å². The third-order valence-corrected chi connectivity index (χ3v) is 4.58. The number of benzene rings is 2. The molecule has 0 fully saturated rings. The first kappa shape index (κ1) is 18.0. The van der Waals surface area contributed by atoms with E-state index in [-0.39, 0.29) is 5.91 Å². The molecule has 0 spiro atoms. The minimum absolute atomic E-state index is 0.0818. The Morgan fingerprint density at radius 3 is 2.69 bits per heavy atom. The van der Waals surface area contributed by atoms with Gasteiger partial charge in [-0.15, -0.1) is 0 Å². The van der Waals surface area contributed by atoms with Crippen LogP contribution in [0.15, 0.2) is 65.9 Å². The normalized spacial score (nSPS) is 15.0. The third kappa shape index (κ3) is 4.64. The van der Waals surface area contributed by atoms with Crippen molar-refractivity contribution in [3.05, 3.63) is 77.0 Å². The summed E-state index contributed by atoms with van der Waals surface area (Å²) in [5.74, 6) is 0.761. The van der Waals surface area contributed by atoms with Crippen LogP contribution >= 0.6 is 0 Å². The van der Waals surface area contributed by atoms with Gasteiger partial charge in [-0.1, -0.05) is 42.5 Å². The lowest BCUT2D eigenvalue weighted by atomic mass is 10.0. The Morgan fingerprint density at radius 1 is 1.15 bits per heavy atom. The minimum Gasteiger partial charge on any atom is -0.497 e. The van der Waals surface area contributed by atoms with Gasteiger partial charge in [0, 0.05) is 43.9 Å². The highest BCUT2D eigenvalue weighted by molar-refractivity contribution is 5.94. The maximum Gasteiger partial charge on any atom is 0.250 e. The molecule has 5 heteroatoms. The monoisotopic (exact) mass is 351 g/mol. The molecule has 1 heterocycles. The van der Waals surface area contributed by atoms with E-state index < -0.39 is 0 Å². The molecule has 5 nitrogen and oxygen atoms in total. The van der Waals surface area contributed by atoms with Crippen LogP contribution < -0.4 is 15.8 Å². The summed E-state index contributed by atoms with van der Waals surface area (Å²) in [6.07, 6.45) is 0.706. The highest BCUT2D eigenvalue weighted by Gasteiger charge is 2.22.